The molecule has 14 nitrogen and oxygen atoms in total. The first-order valence-electron chi connectivity index (χ1n) is 14.5. The number of ether oxygens (including phenoxy) is 2. The minimum absolute atomic E-state index is 0.0440. The highest BCUT2D eigenvalue weighted by Gasteiger charge is 2.48. The highest BCUT2D eigenvalue weighted by atomic mass is 16.7. The van der Waals surface area contributed by atoms with Gasteiger partial charge in [0.2, 0.25) is 5.96 Å². The molecule has 3 aliphatic rings. The van der Waals surface area contributed by atoms with Gasteiger partial charge in [0.25, 0.3) is 5.91 Å². The molecular weight excluding hydrogens is 560 g/mol. The summed E-state index contributed by atoms with van der Waals surface area (Å²) in [5.41, 5.74) is 1.92. The predicted molar refractivity (Wildman–Crippen MR) is 154 cm³/mol. The van der Waals surface area contributed by atoms with Crippen molar-refractivity contribution >= 4 is 30.1 Å². The number of rotatable bonds is 6. The third kappa shape index (κ3) is 9.04. The van der Waals surface area contributed by atoms with Gasteiger partial charge in [0.1, 0.15) is 30.0 Å². The molecule has 2 N–H and O–H groups in total. The van der Waals surface area contributed by atoms with Crippen molar-refractivity contribution in [2.75, 3.05) is 19.6 Å². The van der Waals surface area contributed by atoms with E-state index >= 15 is 0 Å². The fourth-order valence-corrected chi connectivity index (χ4v) is 4.96. The van der Waals surface area contributed by atoms with Crippen molar-refractivity contribution in [1.82, 2.24) is 25.7 Å². The molecule has 3 saturated heterocycles. The number of likely N-dealkylation sites (tertiary alicyclic amines) is 1. The molecule has 43 heavy (non-hydrogen) atoms. The molecule has 0 aromatic heterocycles. The van der Waals surface area contributed by atoms with Crippen molar-refractivity contribution < 1.29 is 38.3 Å². The quantitative estimate of drug-likeness (QED) is 0.284. The SMILES string of the molecule is CC(C)(C)OC(=O)/N=C(\NC(=O)OC(C)(C)C)N1CC[C@H](ONC(=O)[C@@H]2CC[C@H]3CN2C(=O)N3OCc2ccccc2)C1. The lowest BCUT2D eigenvalue weighted by molar-refractivity contribution is -0.143. The van der Waals surface area contributed by atoms with Crippen LogP contribution in [0.5, 0.6) is 0 Å². The smallest absolute Gasteiger partial charge is 0.437 e. The second-order valence-electron chi connectivity index (χ2n) is 12.8. The van der Waals surface area contributed by atoms with Gasteiger partial charge in [-0.25, -0.2) is 19.9 Å². The van der Waals surface area contributed by atoms with Crippen LogP contribution in [0.15, 0.2) is 35.3 Å². The van der Waals surface area contributed by atoms with Gasteiger partial charge < -0.3 is 19.3 Å². The molecule has 3 heterocycles. The molecule has 4 rings (SSSR count). The average molecular weight is 603 g/mol. The average Bonchev–Trinajstić information content (AvgIpc) is 3.47. The minimum atomic E-state index is -0.871. The van der Waals surface area contributed by atoms with Crippen LogP contribution in [0, 0.1) is 0 Å². The second kappa shape index (κ2) is 13.2. The van der Waals surface area contributed by atoms with E-state index in [1.165, 1.54) is 9.96 Å². The summed E-state index contributed by atoms with van der Waals surface area (Å²) in [5.74, 6) is -0.470. The molecule has 0 unspecified atom stereocenters. The van der Waals surface area contributed by atoms with Crippen molar-refractivity contribution in [3.63, 3.8) is 0 Å². The molecular formula is C29H42N6O8. The van der Waals surface area contributed by atoms with Gasteiger partial charge in [-0.05, 0) is 66.4 Å². The number of hydrogen-bond acceptors (Lipinski definition) is 8. The van der Waals surface area contributed by atoms with Crippen molar-refractivity contribution in [2.24, 2.45) is 4.99 Å². The summed E-state index contributed by atoms with van der Waals surface area (Å²) in [6.45, 7) is 11.5. The number of nitrogens with one attached hydrogen (secondary N) is 2. The number of carbonyl (C=O) groups is 4. The number of amides is 5. The van der Waals surface area contributed by atoms with Gasteiger partial charge in [-0.1, -0.05) is 30.3 Å². The summed E-state index contributed by atoms with van der Waals surface area (Å²) < 4.78 is 10.6. The van der Waals surface area contributed by atoms with E-state index in [1.54, 1.807) is 46.4 Å². The number of aliphatic imine (C=N–C) groups is 1. The topological polar surface area (TPSA) is 151 Å². The number of nitrogens with zero attached hydrogens (tertiary/aromatic N) is 4. The van der Waals surface area contributed by atoms with E-state index < -0.39 is 41.4 Å². The normalized spacial score (nSPS) is 22.5. The van der Waals surface area contributed by atoms with Gasteiger partial charge in [-0.3, -0.25) is 19.8 Å². The zero-order valence-corrected chi connectivity index (χ0v) is 25.6. The standard InChI is InChI=1S/C29H42N6O8/c1-28(2,3)41-25(37)30-24(31-26(38)42-29(4,5)6)33-15-14-21(17-33)43-32-23(36)22-13-12-20-16-34(22)27(39)35(20)40-18-19-10-8-7-9-11-19/h7-11,20-22H,12-18H2,1-6H3,(H,32,36)(H,30,31,37,38)/t20-,21-,22-/m0/s1. The zero-order chi connectivity index (χ0) is 31.4. The molecule has 1 aromatic rings. The minimum Gasteiger partial charge on any atom is -0.444 e. The number of guanidine groups is 1. The maximum absolute atomic E-state index is 13.1. The van der Waals surface area contributed by atoms with Gasteiger partial charge in [-0.15, -0.1) is 4.99 Å². The first kappa shape index (κ1) is 32.0. The Kier molecular flexibility index (Phi) is 9.80. The Morgan fingerprint density at radius 3 is 2.33 bits per heavy atom. The molecule has 0 saturated carbocycles. The molecule has 0 aliphatic carbocycles. The van der Waals surface area contributed by atoms with Gasteiger partial charge in [0.05, 0.1) is 6.04 Å². The first-order chi connectivity index (χ1) is 20.2. The number of benzene rings is 1. The van der Waals surface area contributed by atoms with Gasteiger partial charge >= 0.3 is 18.2 Å². The number of alkyl carbamates (subject to hydrolysis) is 1. The van der Waals surface area contributed by atoms with Crippen LogP contribution >= 0.6 is 0 Å². The lowest BCUT2D eigenvalue weighted by Gasteiger charge is -2.29. The van der Waals surface area contributed by atoms with E-state index in [1.807, 2.05) is 30.3 Å². The summed E-state index contributed by atoms with van der Waals surface area (Å²) in [5, 5.41) is 3.90. The molecule has 236 valence electrons. The zero-order valence-electron chi connectivity index (χ0n) is 25.6. The Morgan fingerprint density at radius 2 is 1.65 bits per heavy atom. The van der Waals surface area contributed by atoms with Crippen LogP contribution in [-0.4, -0.2) is 94.0 Å². The monoisotopic (exact) mass is 602 g/mol. The summed E-state index contributed by atoms with van der Waals surface area (Å²) in [4.78, 5) is 69.7. The van der Waals surface area contributed by atoms with Crippen LogP contribution in [0.1, 0.15) is 66.4 Å². The summed E-state index contributed by atoms with van der Waals surface area (Å²) in [6.07, 6.45) is -0.554. The lowest BCUT2D eigenvalue weighted by atomic mass is 10.0. The largest absolute Gasteiger partial charge is 0.444 e. The molecule has 0 radical (unpaired) electrons. The number of piperidine rings is 1. The van der Waals surface area contributed by atoms with Crippen LogP contribution in [0.2, 0.25) is 0 Å². The highest BCUT2D eigenvalue weighted by molar-refractivity contribution is 5.99. The maximum Gasteiger partial charge on any atom is 0.437 e. The molecule has 1 aromatic carbocycles. The number of urea groups is 1. The molecule has 2 bridgehead atoms. The van der Waals surface area contributed by atoms with E-state index in [4.69, 9.17) is 19.1 Å². The van der Waals surface area contributed by atoms with Crippen molar-refractivity contribution in [3.8, 4) is 0 Å². The van der Waals surface area contributed by atoms with Crippen molar-refractivity contribution in [3.05, 3.63) is 35.9 Å². The third-order valence-corrected chi connectivity index (χ3v) is 6.81. The molecule has 3 fully saturated rings. The fourth-order valence-electron chi connectivity index (χ4n) is 4.96. The van der Waals surface area contributed by atoms with E-state index in [0.29, 0.717) is 32.4 Å². The Labute approximate surface area is 251 Å². The van der Waals surface area contributed by atoms with E-state index in [-0.39, 0.29) is 31.2 Å². The molecule has 5 amide bonds. The van der Waals surface area contributed by atoms with Crippen LogP contribution in [-0.2, 0) is 30.6 Å². The van der Waals surface area contributed by atoms with Crippen LogP contribution in [0.4, 0.5) is 14.4 Å². The number of hydrogen-bond donors (Lipinski definition) is 2. The third-order valence-electron chi connectivity index (χ3n) is 6.81. The Hall–Kier alpha value is -3.91. The van der Waals surface area contributed by atoms with Crippen molar-refractivity contribution in [2.45, 2.75) is 96.8 Å². The van der Waals surface area contributed by atoms with E-state index in [9.17, 15) is 19.2 Å². The van der Waals surface area contributed by atoms with Gasteiger partial charge in [0.15, 0.2) is 0 Å². The van der Waals surface area contributed by atoms with Crippen LogP contribution in [0.3, 0.4) is 0 Å². The highest BCUT2D eigenvalue weighted by Crippen LogP contribution is 2.30. The van der Waals surface area contributed by atoms with Crippen LogP contribution in [0.25, 0.3) is 0 Å². The van der Waals surface area contributed by atoms with E-state index in [0.717, 1.165) is 5.56 Å². The predicted octanol–water partition coefficient (Wildman–Crippen LogP) is 3.32. The maximum atomic E-state index is 13.1. The van der Waals surface area contributed by atoms with E-state index in [2.05, 4.69) is 15.8 Å². The van der Waals surface area contributed by atoms with Gasteiger partial charge in [-0.2, -0.15) is 5.06 Å². The van der Waals surface area contributed by atoms with Crippen molar-refractivity contribution in [1.29, 1.82) is 0 Å². The van der Waals surface area contributed by atoms with Gasteiger partial charge in [0, 0.05) is 19.6 Å². The molecule has 3 aliphatic heterocycles. The Morgan fingerprint density at radius 1 is 0.953 bits per heavy atom. The number of fused-ring (bicyclic) bond motifs is 2. The molecule has 14 heteroatoms. The summed E-state index contributed by atoms with van der Waals surface area (Å²) in [6, 6.07) is 8.41. The fraction of sp³-hybridized carbons (Fsp3) is 0.621. The number of carbonyl (C=O) groups excluding carboxylic acids is 4. The Balaban J connectivity index is 1.31. The summed E-state index contributed by atoms with van der Waals surface area (Å²) >= 11 is 0. The lowest BCUT2D eigenvalue weighted by Crippen LogP contribution is -2.50. The number of hydroxylamine groups is 3. The van der Waals surface area contributed by atoms with Crippen LogP contribution < -0.4 is 10.8 Å². The molecule has 3 atom stereocenters. The first-order valence-corrected chi connectivity index (χ1v) is 14.5. The summed E-state index contributed by atoms with van der Waals surface area (Å²) in [7, 11) is 0. The second-order valence-corrected chi connectivity index (χ2v) is 12.8. The Bertz CT molecular complexity index is 1210. The molecule has 0 spiro atoms.